The maximum Gasteiger partial charge on any atom is 0.223 e. The van der Waals surface area contributed by atoms with Crippen LogP contribution in [0.1, 0.15) is 12.0 Å². The molecule has 1 fully saturated rings. The van der Waals surface area contributed by atoms with Crippen LogP contribution in [0.15, 0.2) is 35.8 Å². The Hall–Kier alpha value is -2.08. The average Bonchev–Trinajstić information content (AvgIpc) is 3.07. The summed E-state index contributed by atoms with van der Waals surface area (Å²) in [6.45, 7) is 3.26. The molecule has 6 heteroatoms. The van der Waals surface area contributed by atoms with Crippen molar-refractivity contribution in [1.82, 2.24) is 9.88 Å². The number of nitrogens with zero attached hydrogens (tertiary/aromatic N) is 3. The van der Waals surface area contributed by atoms with Gasteiger partial charge in [-0.15, -0.1) is 11.3 Å². The smallest absolute Gasteiger partial charge is 0.223 e. The SMILES string of the molecule is Nc1cccc(CCC(=O)N2CCN(c3nccs3)CC2)c1. The van der Waals surface area contributed by atoms with Gasteiger partial charge in [0.1, 0.15) is 0 Å². The third-order valence-corrected chi connectivity index (χ3v) is 4.73. The number of carbonyl (C=O) groups is 1. The van der Waals surface area contributed by atoms with Gasteiger partial charge in [-0.25, -0.2) is 4.98 Å². The molecule has 0 unspecified atom stereocenters. The van der Waals surface area contributed by atoms with Crippen LogP contribution < -0.4 is 10.6 Å². The highest BCUT2D eigenvalue weighted by Crippen LogP contribution is 2.19. The second kappa shape index (κ2) is 6.79. The summed E-state index contributed by atoms with van der Waals surface area (Å²) in [5, 5.41) is 3.03. The minimum absolute atomic E-state index is 0.223. The molecule has 0 saturated carbocycles. The molecule has 116 valence electrons. The van der Waals surface area contributed by atoms with Crippen LogP contribution in [-0.2, 0) is 11.2 Å². The molecule has 5 nitrogen and oxygen atoms in total. The van der Waals surface area contributed by atoms with Gasteiger partial charge >= 0.3 is 0 Å². The van der Waals surface area contributed by atoms with Crippen LogP contribution in [0.3, 0.4) is 0 Å². The van der Waals surface area contributed by atoms with E-state index in [-0.39, 0.29) is 5.91 Å². The molecule has 22 heavy (non-hydrogen) atoms. The number of nitrogens with two attached hydrogens (primary N) is 1. The van der Waals surface area contributed by atoms with Crippen LogP contribution >= 0.6 is 11.3 Å². The molecule has 1 saturated heterocycles. The summed E-state index contributed by atoms with van der Waals surface area (Å²) in [6, 6.07) is 7.75. The van der Waals surface area contributed by atoms with Crippen molar-refractivity contribution in [2.24, 2.45) is 0 Å². The van der Waals surface area contributed by atoms with Gasteiger partial charge in [0.25, 0.3) is 0 Å². The third-order valence-electron chi connectivity index (χ3n) is 3.90. The molecule has 0 aliphatic carbocycles. The van der Waals surface area contributed by atoms with Crippen LogP contribution in [-0.4, -0.2) is 42.0 Å². The van der Waals surface area contributed by atoms with E-state index in [0.29, 0.717) is 6.42 Å². The van der Waals surface area contributed by atoms with Gasteiger partial charge in [-0.3, -0.25) is 4.79 Å². The molecule has 0 atom stereocenters. The summed E-state index contributed by atoms with van der Waals surface area (Å²) in [6.07, 6.45) is 3.11. The topological polar surface area (TPSA) is 62.5 Å². The van der Waals surface area contributed by atoms with Crippen molar-refractivity contribution in [1.29, 1.82) is 0 Å². The van der Waals surface area contributed by atoms with Crippen LogP contribution in [0.5, 0.6) is 0 Å². The van der Waals surface area contributed by atoms with Gasteiger partial charge in [-0.05, 0) is 24.1 Å². The van der Waals surface area contributed by atoms with Gasteiger partial charge in [0.15, 0.2) is 5.13 Å². The van der Waals surface area contributed by atoms with Gasteiger partial charge in [0.2, 0.25) is 5.91 Å². The predicted molar refractivity (Wildman–Crippen MR) is 90.1 cm³/mol. The number of aryl methyl sites for hydroxylation is 1. The van der Waals surface area contributed by atoms with Crippen molar-refractivity contribution in [3.05, 3.63) is 41.4 Å². The number of nitrogen functional groups attached to an aromatic ring is 1. The van der Waals surface area contributed by atoms with Crippen LogP contribution in [0, 0.1) is 0 Å². The lowest BCUT2D eigenvalue weighted by Crippen LogP contribution is -2.48. The van der Waals surface area contributed by atoms with Crippen molar-refractivity contribution in [3.63, 3.8) is 0 Å². The first kappa shape index (κ1) is 14.8. The number of aromatic nitrogens is 1. The third kappa shape index (κ3) is 3.57. The number of carbonyl (C=O) groups excluding carboxylic acids is 1. The largest absolute Gasteiger partial charge is 0.399 e. The van der Waals surface area contributed by atoms with Crippen molar-refractivity contribution < 1.29 is 4.79 Å². The van der Waals surface area contributed by atoms with Crippen LogP contribution in [0.2, 0.25) is 0 Å². The maximum atomic E-state index is 12.3. The van der Waals surface area contributed by atoms with E-state index in [1.807, 2.05) is 40.7 Å². The number of piperazine rings is 1. The van der Waals surface area contributed by atoms with E-state index in [1.165, 1.54) is 0 Å². The molecule has 2 N–H and O–H groups in total. The van der Waals surface area contributed by atoms with Crippen LogP contribution in [0.25, 0.3) is 0 Å². The fourth-order valence-electron chi connectivity index (χ4n) is 2.68. The van der Waals surface area contributed by atoms with Crippen molar-refractivity contribution in [2.45, 2.75) is 12.8 Å². The molecule has 2 heterocycles. The first-order valence-electron chi connectivity index (χ1n) is 7.49. The van der Waals surface area contributed by atoms with Crippen molar-refractivity contribution in [2.75, 3.05) is 36.8 Å². The molecule has 1 amide bonds. The van der Waals surface area contributed by atoms with Gasteiger partial charge in [-0.1, -0.05) is 12.1 Å². The Balaban J connectivity index is 1.48. The molecule has 0 spiro atoms. The number of amides is 1. The van der Waals surface area contributed by atoms with Crippen molar-refractivity contribution >= 4 is 28.1 Å². The number of rotatable bonds is 4. The normalized spacial score (nSPS) is 15.1. The summed E-state index contributed by atoms with van der Waals surface area (Å²) >= 11 is 1.65. The lowest BCUT2D eigenvalue weighted by molar-refractivity contribution is -0.131. The van der Waals surface area contributed by atoms with Crippen molar-refractivity contribution in [3.8, 4) is 0 Å². The second-order valence-electron chi connectivity index (χ2n) is 5.43. The van der Waals surface area contributed by atoms with E-state index < -0.39 is 0 Å². The quantitative estimate of drug-likeness (QED) is 0.877. The van der Waals surface area contributed by atoms with E-state index in [9.17, 15) is 4.79 Å². The Morgan fingerprint density at radius 2 is 2.09 bits per heavy atom. The van der Waals surface area contributed by atoms with Crippen LogP contribution in [0.4, 0.5) is 10.8 Å². The minimum atomic E-state index is 0.223. The summed E-state index contributed by atoms with van der Waals surface area (Å²) in [4.78, 5) is 20.8. The van der Waals surface area contributed by atoms with E-state index in [1.54, 1.807) is 11.3 Å². The Bertz CT molecular complexity index is 621. The first-order chi connectivity index (χ1) is 10.7. The highest BCUT2D eigenvalue weighted by atomic mass is 32.1. The Labute approximate surface area is 134 Å². The number of hydrogen-bond donors (Lipinski definition) is 1. The maximum absolute atomic E-state index is 12.3. The van der Waals surface area contributed by atoms with Gasteiger partial charge in [-0.2, -0.15) is 0 Å². The summed E-state index contributed by atoms with van der Waals surface area (Å²) in [7, 11) is 0. The molecule has 1 aromatic carbocycles. The zero-order valence-corrected chi connectivity index (χ0v) is 13.3. The second-order valence-corrected chi connectivity index (χ2v) is 6.30. The van der Waals surface area contributed by atoms with Gasteiger partial charge in [0, 0.05) is 49.9 Å². The lowest BCUT2D eigenvalue weighted by Gasteiger charge is -2.34. The highest BCUT2D eigenvalue weighted by molar-refractivity contribution is 7.13. The molecular weight excluding hydrogens is 296 g/mol. The molecule has 1 aliphatic heterocycles. The number of anilines is 2. The first-order valence-corrected chi connectivity index (χ1v) is 8.37. The van der Waals surface area contributed by atoms with E-state index >= 15 is 0 Å². The molecule has 0 bridgehead atoms. The fourth-order valence-corrected chi connectivity index (χ4v) is 3.37. The average molecular weight is 316 g/mol. The molecule has 3 rings (SSSR count). The molecular formula is C16H20N4OS. The van der Waals surface area contributed by atoms with Gasteiger partial charge in [0.05, 0.1) is 0 Å². The molecule has 0 radical (unpaired) electrons. The summed E-state index contributed by atoms with van der Waals surface area (Å²) < 4.78 is 0. The van der Waals surface area contributed by atoms with E-state index in [0.717, 1.165) is 49.0 Å². The summed E-state index contributed by atoms with van der Waals surface area (Å²) in [5.41, 5.74) is 7.64. The zero-order valence-electron chi connectivity index (χ0n) is 12.4. The number of thiazole rings is 1. The Kier molecular flexibility index (Phi) is 4.58. The zero-order chi connectivity index (χ0) is 15.4. The molecule has 2 aromatic rings. The Morgan fingerprint density at radius 1 is 1.27 bits per heavy atom. The summed E-state index contributed by atoms with van der Waals surface area (Å²) in [5.74, 6) is 0.223. The van der Waals surface area contributed by atoms with E-state index in [4.69, 9.17) is 5.73 Å². The fraction of sp³-hybridized carbons (Fsp3) is 0.375. The molecule has 1 aliphatic rings. The monoisotopic (exact) mass is 316 g/mol. The Morgan fingerprint density at radius 3 is 2.77 bits per heavy atom. The van der Waals surface area contributed by atoms with Gasteiger partial charge < -0.3 is 15.5 Å². The predicted octanol–water partition coefficient (Wildman–Crippen LogP) is 2.01. The number of benzene rings is 1. The molecule has 1 aromatic heterocycles. The minimum Gasteiger partial charge on any atom is -0.399 e. The standard InChI is InChI=1S/C16H20N4OS/c17-14-3-1-2-13(12-14)4-5-15(21)19-7-9-20(10-8-19)16-18-6-11-22-16/h1-3,6,11-12H,4-5,7-10,17H2. The lowest BCUT2D eigenvalue weighted by atomic mass is 10.1. The number of hydrogen-bond acceptors (Lipinski definition) is 5. The van der Waals surface area contributed by atoms with E-state index in [2.05, 4.69) is 9.88 Å². The highest BCUT2D eigenvalue weighted by Gasteiger charge is 2.21.